The zero-order chi connectivity index (χ0) is 19.6. The van der Waals surface area contributed by atoms with Crippen LogP contribution in [0.2, 0.25) is 0 Å². The maximum absolute atomic E-state index is 12.6. The number of nitrogens with one attached hydrogen (secondary N) is 2. The summed E-state index contributed by atoms with van der Waals surface area (Å²) in [7, 11) is 0. The quantitative estimate of drug-likeness (QED) is 0.669. The van der Waals surface area contributed by atoms with E-state index >= 15 is 0 Å². The van der Waals surface area contributed by atoms with Crippen molar-refractivity contribution >= 4 is 39.6 Å². The molecule has 2 N–H and O–H groups in total. The largest absolute Gasteiger partial charge is 0.458 e. The standard InChI is InChI=1S/C18H20N4O3S2/c1-10(23)19-7-11-5-6-13(25-11)12-8-26-17(21-12)22-16(24)14-15(18(2,3)4)20-9-27-14/h5-6,8-9H,7H2,1-4H3,(H,19,23)(H,21,22,24). The van der Waals surface area contributed by atoms with E-state index in [-0.39, 0.29) is 17.2 Å². The molecule has 0 aliphatic rings. The highest BCUT2D eigenvalue weighted by Crippen LogP contribution is 2.30. The van der Waals surface area contributed by atoms with Crippen molar-refractivity contribution in [3.8, 4) is 11.5 Å². The highest BCUT2D eigenvalue weighted by atomic mass is 32.1. The number of thiazole rings is 2. The summed E-state index contributed by atoms with van der Waals surface area (Å²) in [5.41, 5.74) is 2.88. The van der Waals surface area contributed by atoms with Gasteiger partial charge in [-0.2, -0.15) is 0 Å². The maximum atomic E-state index is 12.6. The lowest BCUT2D eigenvalue weighted by Crippen LogP contribution is -2.19. The molecule has 0 unspecified atom stereocenters. The van der Waals surface area contributed by atoms with Gasteiger partial charge in [-0.05, 0) is 12.1 Å². The van der Waals surface area contributed by atoms with Gasteiger partial charge in [0.1, 0.15) is 16.3 Å². The highest BCUT2D eigenvalue weighted by molar-refractivity contribution is 7.14. The number of carbonyl (C=O) groups excluding carboxylic acids is 2. The fourth-order valence-corrected chi connectivity index (χ4v) is 3.95. The van der Waals surface area contributed by atoms with Crippen molar-refractivity contribution in [3.05, 3.63) is 39.4 Å². The first-order valence-corrected chi connectivity index (χ1v) is 10.0. The van der Waals surface area contributed by atoms with E-state index < -0.39 is 0 Å². The van der Waals surface area contributed by atoms with Crippen LogP contribution in [0.25, 0.3) is 11.5 Å². The van der Waals surface area contributed by atoms with Crippen LogP contribution in [0.3, 0.4) is 0 Å². The van der Waals surface area contributed by atoms with Gasteiger partial charge >= 0.3 is 0 Å². The number of amides is 2. The summed E-state index contributed by atoms with van der Waals surface area (Å²) in [5.74, 6) is 0.886. The van der Waals surface area contributed by atoms with Crippen molar-refractivity contribution in [2.24, 2.45) is 0 Å². The van der Waals surface area contributed by atoms with Gasteiger partial charge in [-0.1, -0.05) is 20.8 Å². The first-order chi connectivity index (χ1) is 12.7. The third-order valence-electron chi connectivity index (χ3n) is 3.63. The van der Waals surface area contributed by atoms with Crippen LogP contribution in [0.4, 0.5) is 5.13 Å². The first-order valence-electron chi connectivity index (χ1n) is 8.28. The maximum Gasteiger partial charge on any atom is 0.269 e. The minimum absolute atomic E-state index is 0.121. The number of hydrogen-bond acceptors (Lipinski definition) is 7. The lowest BCUT2D eigenvalue weighted by Gasteiger charge is -2.16. The normalized spacial score (nSPS) is 11.4. The Labute approximate surface area is 164 Å². The smallest absolute Gasteiger partial charge is 0.269 e. The number of nitrogens with zero attached hydrogens (tertiary/aromatic N) is 2. The van der Waals surface area contributed by atoms with Crippen molar-refractivity contribution in [3.63, 3.8) is 0 Å². The zero-order valence-electron chi connectivity index (χ0n) is 15.5. The van der Waals surface area contributed by atoms with Crippen LogP contribution in [-0.2, 0) is 16.8 Å². The number of furan rings is 1. The number of rotatable bonds is 5. The average molecular weight is 405 g/mol. The van der Waals surface area contributed by atoms with Gasteiger partial charge in [-0.3, -0.25) is 14.9 Å². The van der Waals surface area contributed by atoms with E-state index in [1.54, 1.807) is 17.6 Å². The molecule has 2 amide bonds. The van der Waals surface area contributed by atoms with E-state index in [0.717, 1.165) is 5.69 Å². The lowest BCUT2D eigenvalue weighted by molar-refractivity contribution is -0.119. The van der Waals surface area contributed by atoms with Crippen molar-refractivity contribution in [1.29, 1.82) is 0 Å². The molecule has 7 nitrogen and oxygen atoms in total. The number of anilines is 1. The third kappa shape index (κ3) is 4.61. The van der Waals surface area contributed by atoms with Gasteiger partial charge in [-0.15, -0.1) is 22.7 Å². The van der Waals surface area contributed by atoms with Crippen LogP contribution in [0.5, 0.6) is 0 Å². The van der Waals surface area contributed by atoms with Crippen LogP contribution in [0, 0.1) is 0 Å². The Morgan fingerprint density at radius 2 is 2.00 bits per heavy atom. The summed E-state index contributed by atoms with van der Waals surface area (Å²) in [6.07, 6.45) is 0. The molecule has 0 saturated carbocycles. The molecule has 0 atom stereocenters. The molecule has 0 aromatic carbocycles. The fraction of sp³-hybridized carbons (Fsp3) is 0.333. The molecule has 3 aromatic rings. The Balaban J connectivity index is 1.71. The number of aromatic nitrogens is 2. The molecule has 0 aliphatic carbocycles. The molecule has 9 heteroatoms. The second kappa shape index (κ2) is 7.61. The summed E-state index contributed by atoms with van der Waals surface area (Å²) in [5, 5.41) is 7.82. The van der Waals surface area contributed by atoms with E-state index in [2.05, 4.69) is 20.6 Å². The Morgan fingerprint density at radius 3 is 2.70 bits per heavy atom. The van der Waals surface area contributed by atoms with Crippen molar-refractivity contribution in [2.45, 2.75) is 39.7 Å². The van der Waals surface area contributed by atoms with Gasteiger partial charge in [0.05, 0.1) is 17.7 Å². The molecule has 0 aliphatic heterocycles. The van der Waals surface area contributed by atoms with Gasteiger partial charge in [0, 0.05) is 17.7 Å². The molecule has 0 saturated heterocycles. The molecular formula is C18H20N4O3S2. The van der Waals surface area contributed by atoms with Crippen LogP contribution in [0.1, 0.15) is 48.8 Å². The summed E-state index contributed by atoms with van der Waals surface area (Å²) >= 11 is 2.64. The second-order valence-electron chi connectivity index (χ2n) is 6.95. The lowest BCUT2D eigenvalue weighted by atomic mass is 9.91. The van der Waals surface area contributed by atoms with Crippen molar-refractivity contribution < 1.29 is 14.0 Å². The minimum atomic E-state index is -0.214. The molecule has 0 bridgehead atoms. The highest BCUT2D eigenvalue weighted by Gasteiger charge is 2.25. The number of hydrogen-bond donors (Lipinski definition) is 2. The molecule has 0 radical (unpaired) electrons. The average Bonchev–Trinajstić information content (AvgIpc) is 3.31. The summed E-state index contributed by atoms with van der Waals surface area (Å²) in [6.45, 7) is 7.85. The Morgan fingerprint density at radius 1 is 1.22 bits per heavy atom. The predicted molar refractivity (Wildman–Crippen MR) is 106 cm³/mol. The first kappa shape index (κ1) is 19.2. The zero-order valence-corrected chi connectivity index (χ0v) is 17.1. The Bertz CT molecular complexity index is 965. The summed E-state index contributed by atoms with van der Waals surface area (Å²) < 4.78 is 5.68. The molecule has 3 heterocycles. The van der Waals surface area contributed by atoms with Crippen molar-refractivity contribution in [2.75, 3.05) is 5.32 Å². The van der Waals surface area contributed by atoms with Gasteiger partial charge < -0.3 is 9.73 Å². The summed E-state index contributed by atoms with van der Waals surface area (Å²) in [4.78, 5) is 32.9. The minimum Gasteiger partial charge on any atom is -0.458 e. The molecule has 142 valence electrons. The van der Waals surface area contributed by atoms with Crippen LogP contribution in [0.15, 0.2) is 27.4 Å². The predicted octanol–water partition coefficient (Wildman–Crippen LogP) is 4.05. The molecule has 0 fully saturated rings. The molecule has 3 rings (SSSR count). The molecule has 0 spiro atoms. The monoisotopic (exact) mass is 404 g/mol. The Kier molecular flexibility index (Phi) is 5.43. The third-order valence-corrected chi connectivity index (χ3v) is 5.22. The molecule has 27 heavy (non-hydrogen) atoms. The van der Waals surface area contributed by atoms with Crippen LogP contribution >= 0.6 is 22.7 Å². The topological polar surface area (TPSA) is 97.1 Å². The van der Waals surface area contributed by atoms with E-state index in [9.17, 15) is 9.59 Å². The Hall–Kier alpha value is -2.52. The van der Waals surface area contributed by atoms with Gasteiger partial charge in [-0.25, -0.2) is 9.97 Å². The van der Waals surface area contributed by atoms with E-state index in [1.165, 1.54) is 29.6 Å². The van der Waals surface area contributed by atoms with Crippen molar-refractivity contribution in [1.82, 2.24) is 15.3 Å². The summed E-state index contributed by atoms with van der Waals surface area (Å²) in [6, 6.07) is 3.58. The second-order valence-corrected chi connectivity index (χ2v) is 8.66. The number of carbonyl (C=O) groups is 2. The van der Waals surface area contributed by atoms with Crippen LogP contribution < -0.4 is 10.6 Å². The van der Waals surface area contributed by atoms with Gasteiger partial charge in [0.15, 0.2) is 10.9 Å². The van der Waals surface area contributed by atoms with Crippen LogP contribution in [-0.4, -0.2) is 21.8 Å². The van der Waals surface area contributed by atoms with E-state index in [1.807, 2.05) is 26.2 Å². The molecule has 3 aromatic heterocycles. The van der Waals surface area contributed by atoms with E-state index in [4.69, 9.17) is 4.42 Å². The SMILES string of the molecule is CC(=O)NCc1ccc(-c2csc(NC(=O)c3scnc3C(C)(C)C)n2)o1. The van der Waals surface area contributed by atoms with E-state index in [0.29, 0.717) is 33.8 Å². The van der Waals surface area contributed by atoms with Gasteiger partial charge in [0.25, 0.3) is 5.91 Å². The van der Waals surface area contributed by atoms with Gasteiger partial charge in [0.2, 0.25) is 5.91 Å². The molecular weight excluding hydrogens is 384 g/mol. The fourth-order valence-electron chi connectivity index (χ4n) is 2.36.